The lowest BCUT2D eigenvalue weighted by Gasteiger charge is -2.46. The summed E-state index contributed by atoms with van der Waals surface area (Å²) < 4.78 is 0. The number of nitrogens with two attached hydrogens (primary N) is 1. The minimum absolute atomic E-state index is 0.509. The molecule has 0 aromatic rings. The highest BCUT2D eigenvalue weighted by Gasteiger charge is 2.39. The molecule has 1 nitrogen and oxygen atoms in total. The second kappa shape index (κ2) is 2.30. The van der Waals surface area contributed by atoms with Crippen molar-refractivity contribution in [2.45, 2.75) is 33.1 Å². The fourth-order valence-corrected chi connectivity index (χ4v) is 1.81. The summed E-state index contributed by atoms with van der Waals surface area (Å²) in [4.78, 5) is 0. The molecule has 0 heterocycles. The van der Waals surface area contributed by atoms with E-state index in [-0.39, 0.29) is 0 Å². The van der Waals surface area contributed by atoms with Gasteiger partial charge in [-0.3, -0.25) is 0 Å². The Balaban J connectivity index is 2.41. The smallest absolute Gasteiger partial charge is 0.00205 e. The lowest BCUT2D eigenvalue weighted by Crippen LogP contribution is -2.43. The van der Waals surface area contributed by atoms with Crippen molar-refractivity contribution < 1.29 is 0 Å². The van der Waals surface area contributed by atoms with E-state index < -0.39 is 0 Å². The standard InChI is InChI=1S/C8H17N/c1-3-7-4-5-8(7,2)6-9/h7H,3-6,9H2,1-2H3/t7?,8-/m1/s1. The number of rotatable bonds is 2. The molecule has 0 saturated heterocycles. The zero-order valence-corrected chi connectivity index (χ0v) is 6.48. The fraction of sp³-hybridized carbons (Fsp3) is 1.00. The van der Waals surface area contributed by atoms with Crippen molar-refractivity contribution in [2.24, 2.45) is 17.1 Å². The first-order chi connectivity index (χ1) is 4.23. The highest BCUT2D eigenvalue weighted by atomic mass is 14.6. The maximum atomic E-state index is 5.63. The van der Waals surface area contributed by atoms with Gasteiger partial charge in [0, 0.05) is 0 Å². The Kier molecular flexibility index (Phi) is 1.80. The van der Waals surface area contributed by atoms with E-state index in [2.05, 4.69) is 13.8 Å². The number of hydrogen-bond acceptors (Lipinski definition) is 1. The highest BCUT2D eigenvalue weighted by Crippen LogP contribution is 2.46. The molecule has 9 heavy (non-hydrogen) atoms. The molecule has 2 N–H and O–H groups in total. The molecule has 54 valence electrons. The third-order valence-corrected chi connectivity index (χ3v) is 3.01. The van der Waals surface area contributed by atoms with Crippen LogP contribution in [0.4, 0.5) is 0 Å². The molecule has 1 saturated carbocycles. The van der Waals surface area contributed by atoms with Gasteiger partial charge < -0.3 is 5.73 Å². The van der Waals surface area contributed by atoms with E-state index in [9.17, 15) is 0 Å². The molecule has 0 bridgehead atoms. The predicted molar refractivity (Wildman–Crippen MR) is 40.2 cm³/mol. The van der Waals surface area contributed by atoms with E-state index in [1.165, 1.54) is 19.3 Å². The van der Waals surface area contributed by atoms with Gasteiger partial charge in [0.1, 0.15) is 0 Å². The Hall–Kier alpha value is -0.0400. The first-order valence-electron chi connectivity index (χ1n) is 3.93. The Bertz CT molecular complexity index is 94.7. The van der Waals surface area contributed by atoms with Crippen LogP contribution in [0.5, 0.6) is 0 Å². The lowest BCUT2D eigenvalue weighted by atomic mass is 9.60. The van der Waals surface area contributed by atoms with Crippen molar-refractivity contribution in [1.29, 1.82) is 0 Å². The van der Waals surface area contributed by atoms with Crippen LogP contribution in [-0.2, 0) is 0 Å². The van der Waals surface area contributed by atoms with Crippen molar-refractivity contribution in [1.82, 2.24) is 0 Å². The molecule has 1 rings (SSSR count). The largest absolute Gasteiger partial charge is 0.330 e. The number of hydrogen-bond donors (Lipinski definition) is 1. The van der Waals surface area contributed by atoms with E-state index in [0.717, 1.165) is 12.5 Å². The van der Waals surface area contributed by atoms with E-state index in [1.807, 2.05) is 0 Å². The third-order valence-electron chi connectivity index (χ3n) is 3.01. The van der Waals surface area contributed by atoms with Gasteiger partial charge in [-0.15, -0.1) is 0 Å². The van der Waals surface area contributed by atoms with Crippen molar-refractivity contribution in [2.75, 3.05) is 6.54 Å². The van der Waals surface area contributed by atoms with Crippen LogP contribution in [0.25, 0.3) is 0 Å². The molecule has 0 radical (unpaired) electrons. The molecule has 1 unspecified atom stereocenters. The van der Waals surface area contributed by atoms with Crippen LogP contribution >= 0.6 is 0 Å². The van der Waals surface area contributed by atoms with Crippen molar-refractivity contribution in [3.8, 4) is 0 Å². The maximum Gasteiger partial charge on any atom is -0.00205 e. The van der Waals surface area contributed by atoms with E-state index in [4.69, 9.17) is 5.73 Å². The summed E-state index contributed by atoms with van der Waals surface area (Å²) in [6.07, 6.45) is 4.07. The van der Waals surface area contributed by atoms with Gasteiger partial charge in [0.15, 0.2) is 0 Å². The highest BCUT2D eigenvalue weighted by molar-refractivity contribution is 4.91. The van der Waals surface area contributed by atoms with Gasteiger partial charge in [-0.1, -0.05) is 20.3 Å². The quantitative estimate of drug-likeness (QED) is 0.601. The second-order valence-corrected chi connectivity index (χ2v) is 3.50. The van der Waals surface area contributed by atoms with Crippen LogP contribution in [0.1, 0.15) is 33.1 Å². The van der Waals surface area contributed by atoms with Crippen molar-refractivity contribution in [3.63, 3.8) is 0 Å². The summed E-state index contributed by atoms with van der Waals surface area (Å²) in [5.41, 5.74) is 6.14. The van der Waals surface area contributed by atoms with Gasteiger partial charge in [-0.05, 0) is 30.7 Å². The summed E-state index contributed by atoms with van der Waals surface area (Å²) in [5.74, 6) is 0.919. The second-order valence-electron chi connectivity index (χ2n) is 3.50. The molecule has 1 heteroatoms. The summed E-state index contributed by atoms with van der Waals surface area (Å²) in [6, 6.07) is 0. The molecule has 0 spiro atoms. The molecule has 0 aromatic carbocycles. The maximum absolute atomic E-state index is 5.63. The van der Waals surface area contributed by atoms with Crippen LogP contribution in [-0.4, -0.2) is 6.54 Å². The molecule has 0 amide bonds. The molecule has 2 atom stereocenters. The Morgan fingerprint density at radius 3 is 2.44 bits per heavy atom. The van der Waals surface area contributed by atoms with Crippen LogP contribution in [0.2, 0.25) is 0 Å². The first-order valence-corrected chi connectivity index (χ1v) is 3.93. The molecule has 0 aromatic heterocycles. The molecule has 0 aliphatic heterocycles. The average Bonchev–Trinajstić information content (AvgIpc) is 1.85. The molecular weight excluding hydrogens is 110 g/mol. The minimum atomic E-state index is 0.509. The first kappa shape index (κ1) is 7.07. The normalized spacial score (nSPS) is 42.3. The third kappa shape index (κ3) is 0.983. The topological polar surface area (TPSA) is 26.0 Å². The average molecular weight is 127 g/mol. The van der Waals surface area contributed by atoms with Gasteiger partial charge in [0.25, 0.3) is 0 Å². The molecule has 1 aliphatic carbocycles. The Morgan fingerprint density at radius 1 is 1.67 bits per heavy atom. The van der Waals surface area contributed by atoms with Crippen molar-refractivity contribution >= 4 is 0 Å². The van der Waals surface area contributed by atoms with Gasteiger partial charge in [0.2, 0.25) is 0 Å². The predicted octanol–water partition coefficient (Wildman–Crippen LogP) is 1.77. The van der Waals surface area contributed by atoms with E-state index >= 15 is 0 Å². The van der Waals surface area contributed by atoms with Gasteiger partial charge in [-0.2, -0.15) is 0 Å². The van der Waals surface area contributed by atoms with Crippen LogP contribution in [0.15, 0.2) is 0 Å². The summed E-state index contributed by atoms with van der Waals surface area (Å²) in [5, 5.41) is 0. The van der Waals surface area contributed by atoms with E-state index in [0.29, 0.717) is 5.41 Å². The summed E-state index contributed by atoms with van der Waals surface area (Å²) >= 11 is 0. The van der Waals surface area contributed by atoms with Gasteiger partial charge in [0.05, 0.1) is 0 Å². The Labute approximate surface area is 57.6 Å². The van der Waals surface area contributed by atoms with E-state index in [1.54, 1.807) is 0 Å². The zero-order valence-electron chi connectivity index (χ0n) is 6.48. The molecular formula is C8H17N. The fourth-order valence-electron chi connectivity index (χ4n) is 1.81. The minimum Gasteiger partial charge on any atom is -0.330 e. The van der Waals surface area contributed by atoms with Crippen LogP contribution in [0, 0.1) is 11.3 Å². The van der Waals surface area contributed by atoms with Crippen LogP contribution in [0.3, 0.4) is 0 Å². The molecule has 1 aliphatic rings. The summed E-state index contributed by atoms with van der Waals surface area (Å²) in [7, 11) is 0. The lowest BCUT2D eigenvalue weighted by molar-refractivity contribution is 0.0573. The Morgan fingerprint density at radius 2 is 2.33 bits per heavy atom. The van der Waals surface area contributed by atoms with Gasteiger partial charge in [-0.25, -0.2) is 0 Å². The van der Waals surface area contributed by atoms with Gasteiger partial charge >= 0.3 is 0 Å². The summed E-state index contributed by atoms with van der Waals surface area (Å²) in [6.45, 7) is 5.45. The zero-order chi connectivity index (χ0) is 6.91. The van der Waals surface area contributed by atoms with Crippen LogP contribution < -0.4 is 5.73 Å². The monoisotopic (exact) mass is 127 g/mol. The SMILES string of the molecule is CCC1CC[C@]1(C)CN. The van der Waals surface area contributed by atoms with Crippen molar-refractivity contribution in [3.05, 3.63) is 0 Å². The molecule has 1 fully saturated rings.